The summed E-state index contributed by atoms with van der Waals surface area (Å²) in [7, 11) is 1.70. The van der Waals surface area contributed by atoms with Crippen LogP contribution in [0, 0.1) is 13.8 Å². The van der Waals surface area contributed by atoms with Crippen LogP contribution in [0.3, 0.4) is 0 Å². The Labute approximate surface area is 97.6 Å². The minimum Gasteiger partial charge on any atom is -0.394 e. The molecule has 0 aliphatic heterocycles. The van der Waals surface area contributed by atoms with Crippen molar-refractivity contribution in [1.29, 1.82) is 0 Å². The van der Waals surface area contributed by atoms with Crippen molar-refractivity contribution in [1.82, 2.24) is 14.9 Å². The maximum atomic E-state index is 11.8. The Morgan fingerprint density at radius 2 is 2.24 bits per heavy atom. The Morgan fingerprint density at radius 3 is 2.71 bits per heavy atom. The summed E-state index contributed by atoms with van der Waals surface area (Å²) in [5, 5.41) is 10.4. The second-order valence-corrected chi connectivity index (χ2v) is 3.76. The van der Waals surface area contributed by atoms with E-state index in [0.717, 1.165) is 0 Å². The third-order valence-electron chi connectivity index (χ3n) is 2.35. The molecule has 0 radical (unpaired) electrons. The predicted molar refractivity (Wildman–Crippen MR) is 61.6 cm³/mol. The summed E-state index contributed by atoms with van der Waals surface area (Å²) in [5.41, 5.74) is 7.54. The number of hydrogen-bond donors (Lipinski definition) is 2. The zero-order valence-electron chi connectivity index (χ0n) is 9.81. The second-order valence-electron chi connectivity index (χ2n) is 3.76. The molecule has 0 saturated heterocycles. The first-order chi connectivity index (χ1) is 7.99. The molecular weight excluding hydrogens is 222 g/mol. The fourth-order valence-electron chi connectivity index (χ4n) is 1.46. The molecule has 2 heterocycles. The van der Waals surface area contributed by atoms with Crippen LogP contribution in [0.1, 0.15) is 21.9 Å². The van der Waals surface area contributed by atoms with Gasteiger partial charge in [0.05, 0.1) is 17.1 Å². The van der Waals surface area contributed by atoms with Gasteiger partial charge in [0.15, 0.2) is 5.82 Å². The van der Waals surface area contributed by atoms with Crippen LogP contribution in [0.4, 0.5) is 11.5 Å². The second kappa shape index (κ2) is 3.93. The lowest BCUT2D eigenvalue weighted by atomic mass is 10.3. The number of nitrogens with one attached hydrogen (secondary N) is 1. The first-order valence-corrected chi connectivity index (χ1v) is 5.02. The number of aryl methyl sites for hydroxylation is 3. The van der Waals surface area contributed by atoms with Crippen molar-refractivity contribution in [3.05, 3.63) is 23.2 Å². The summed E-state index contributed by atoms with van der Waals surface area (Å²) >= 11 is 0. The number of nitrogens with two attached hydrogens (primary N) is 1. The molecule has 2 rings (SSSR count). The topological polar surface area (TPSA) is 99.0 Å². The molecular formula is C10H13N5O2. The van der Waals surface area contributed by atoms with Gasteiger partial charge in [0.2, 0.25) is 5.76 Å². The van der Waals surface area contributed by atoms with Crippen molar-refractivity contribution in [3.63, 3.8) is 0 Å². The fourth-order valence-corrected chi connectivity index (χ4v) is 1.46. The molecule has 17 heavy (non-hydrogen) atoms. The number of carbonyl (C=O) groups is 1. The van der Waals surface area contributed by atoms with Crippen LogP contribution >= 0.6 is 0 Å². The molecule has 0 atom stereocenters. The molecule has 2 aromatic rings. The Balaban J connectivity index is 2.24. The summed E-state index contributed by atoms with van der Waals surface area (Å²) in [6.07, 6.45) is 0. The number of amides is 1. The van der Waals surface area contributed by atoms with E-state index in [1.807, 2.05) is 0 Å². The summed E-state index contributed by atoms with van der Waals surface area (Å²) in [5.74, 6) is 0.183. The molecule has 7 heteroatoms. The number of carbonyl (C=O) groups excluding carboxylic acids is 1. The van der Waals surface area contributed by atoms with Crippen LogP contribution in [0.2, 0.25) is 0 Å². The van der Waals surface area contributed by atoms with Gasteiger partial charge in [-0.05, 0) is 13.8 Å². The van der Waals surface area contributed by atoms with E-state index in [1.165, 1.54) is 4.68 Å². The monoisotopic (exact) mass is 235 g/mol. The Bertz CT molecular complexity index is 569. The van der Waals surface area contributed by atoms with Gasteiger partial charge in [-0.2, -0.15) is 5.10 Å². The van der Waals surface area contributed by atoms with E-state index in [2.05, 4.69) is 15.6 Å². The van der Waals surface area contributed by atoms with E-state index in [4.69, 9.17) is 10.3 Å². The average Bonchev–Trinajstić information content (AvgIpc) is 2.79. The summed E-state index contributed by atoms with van der Waals surface area (Å²) in [6.45, 7) is 3.51. The largest absolute Gasteiger partial charge is 0.394 e. The van der Waals surface area contributed by atoms with Crippen molar-refractivity contribution in [2.24, 2.45) is 7.05 Å². The molecule has 0 aliphatic carbocycles. The molecule has 0 unspecified atom stereocenters. The highest BCUT2D eigenvalue weighted by Gasteiger charge is 2.17. The summed E-state index contributed by atoms with van der Waals surface area (Å²) in [4.78, 5) is 11.8. The Hall–Kier alpha value is -2.31. The van der Waals surface area contributed by atoms with Crippen LogP contribution < -0.4 is 11.1 Å². The number of nitrogens with zero attached hydrogens (tertiary/aromatic N) is 3. The zero-order chi connectivity index (χ0) is 12.6. The maximum Gasteiger partial charge on any atom is 0.295 e. The van der Waals surface area contributed by atoms with Crippen LogP contribution in [0.5, 0.6) is 0 Å². The third-order valence-corrected chi connectivity index (χ3v) is 2.35. The average molecular weight is 235 g/mol. The smallest absolute Gasteiger partial charge is 0.295 e. The SMILES string of the molecule is Cc1cc(C(=O)Nc2c(N)c(C)nn2C)on1. The van der Waals surface area contributed by atoms with Crippen LogP contribution in [0.25, 0.3) is 0 Å². The molecule has 0 aliphatic rings. The van der Waals surface area contributed by atoms with E-state index in [-0.39, 0.29) is 5.76 Å². The quantitative estimate of drug-likeness (QED) is 0.804. The van der Waals surface area contributed by atoms with E-state index in [0.29, 0.717) is 22.9 Å². The number of anilines is 2. The number of hydrogen-bond acceptors (Lipinski definition) is 5. The number of aromatic nitrogens is 3. The van der Waals surface area contributed by atoms with Crippen molar-refractivity contribution >= 4 is 17.4 Å². The lowest BCUT2D eigenvalue weighted by molar-refractivity contribution is 0.0987. The van der Waals surface area contributed by atoms with Crippen molar-refractivity contribution in [3.8, 4) is 0 Å². The highest BCUT2D eigenvalue weighted by Crippen LogP contribution is 2.21. The number of rotatable bonds is 2. The third kappa shape index (κ3) is 1.99. The fraction of sp³-hybridized carbons (Fsp3) is 0.300. The van der Waals surface area contributed by atoms with Gasteiger partial charge in [0.25, 0.3) is 5.91 Å². The molecule has 90 valence electrons. The predicted octanol–water partition coefficient (Wildman–Crippen LogP) is 0.859. The van der Waals surface area contributed by atoms with Crippen LogP contribution in [0.15, 0.2) is 10.6 Å². The van der Waals surface area contributed by atoms with E-state index in [1.54, 1.807) is 27.0 Å². The van der Waals surface area contributed by atoms with Crippen molar-refractivity contribution in [2.45, 2.75) is 13.8 Å². The normalized spacial score (nSPS) is 10.5. The minimum atomic E-state index is -0.402. The summed E-state index contributed by atoms with van der Waals surface area (Å²) in [6, 6.07) is 1.55. The molecule has 0 fully saturated rings. The Kier molecular flexibility index (Phi) is 2.58. The van der Waals surface area contributed by atoms with Gasteiger partial charge in [-0.25, -0.2) is 0 Å². The van der Waals surface area contributed by atoms with Gasteiger partial charge in [-0.3, -0.25) is 9.48 Å². The van der Waals surface area contributed by atoms with Crippen LogP contribution in [-0.4, -0.2) is 20.8 Å². The number of nitrogen functional groups attached to an aromatic ring is 1. The molecule has 0 bridgehead atoms. The van der Waals surface area contributed by atoms with Crippen molar-refractivity contribution < 1.29 is 9.32 Å². The minimum absolute atomic E-state index is 0.140. The maximum absolute atomic E-state index is 11.8. The lowest BCUT2D eigenvalue weighted by Gasteiger charge is -2.03. The molecule has 0 spiro atoms. The van der Waals surface area contributed by atoms with Crippen LogP contribution in [-0.2, 0) is 7.05 Å². The van der Waals surface area contributed by atoms with E-state index < -0.39 is 5.91 Å². The van der Waals surface area contributed by atoms with Gasteiger partial charge in [0, 0.05) is 13.1 Å². The van der Waals surface area contributed by atoms with E-state index >= 15 is 0 Å². The molecule has 0 aromatic carbocycles. The summed E-state index contributed by atoms with van der Waals surface area (Å²) < 4.78 is 6.36. The standard InChI is InChI=1S/C10H13N5O2/c1-5-4-7(17-14-5)10(16)12-9-8(11)6(2)13-15(9)3/h4H,11H2,1-3H3,(H,12,16). The van der Waals surface area contributed by atoms with Gasteiger partial charge < -0.3 is 15.6 Å². The highest BCUT2D eigenvalue weighted by atomic mass is 16.5. The lowest BCUT2D eigenvalue weighted by Crippen LogP contribution is -2.14. The van der Waals surface area contributed by atoms with Gasteiger partial charge >= 0.3 is 0 Å². The van der Waals surface area contributed by atoms with Gasteiger partial charge in [-0.15, -0.1) is 0 Å². The van der Waals surface area contributed by atoms with Gasteiger partial charge in [0.1, 0.15) is 0 Å². The zero-order valence-corrected chi connectivity index (χ0v) is 9.81. The molecule has 2 aromatic heterocycles. The first kappa shape index (κ1) is 11.2. The van der Waals surface area contributed by atoms with Crippen molar-refractivity contribution in [2.75, 3.05) is 11.1 Å². The molecule has 3 N–H and O–H groups in total. The first-order valence-electron chi connectivity index (χ1n) is 5.02. The highest BCUT2D eigenvalue weighted by molar-refractivity contribution is 6.03. The van der Waals surface area contributed by atoms with E-state index in [9.17, 15) is 4.79 Å². The Morgan fingerprint density at radius 1 is 1.53 bits per heavy atom. The molecule has 1 amide bonds. The van der Waals surface area contributed by atoms with Gasteiger partial charge in [-0.1, -0.05) is 5.16 Å². The molecule has 0 saturated carbocycles. The molecule has 7 nitrogen and oxygen atoms in total.